The van der Waals surface area contributed by atoms with Crippen LogP contribution in [0.4, 0.5) is 0 Å². The molecular weight excluding hydrogens is 226 g/mol. The molecule has 0 aliphatic carbocycles. The number of fused-ring (bicyclic) bond motifs is 1. The van der Waals surface area contributed by atoms with Gasteiger partial charge in [-0.15, -0.1) is 0 Å². The highest BCUT2D eigenvalue weighted by molar-refractivity contribution is 5.78. The Morgan fingerprint density at radius 3 is 2.83 bits per heavy atom. The van der Waals surface area contributed by atoms with Crippen molar-refractivity contribution in [2.75, 3.05) is 6.61 Å². The van der Waals surface area contributed by atoms with Crippen molar-refractivity contribution in [2.24, 2.45) is 0 Å². The molecule has 0 fully saturated rings. The molecule has 0 saturated carbocycles. The zero-order valence-corrected chi connectivity index (χ0v) is 10.9. The van der Waals surface area contributed by atoms with Crippen molar-refractivity contribution in [2.45, 2.75) is 32.8 Å². The van der Waals surface area contributed by atoms with Gasteiger partial charge in [0.05, 0.1) is 6.10 Å². The van der Waals surface area contributed by atoms with Gasteiger partial charge in [-0.05, 0) is 44.2 Å². The van der Waals surface area contributed by atoms with E-state index in [2.05, 4.69) is 4.98 Å². The molecule has 0 bridgehead atoms. The van der Waals surface area contributed by atoms with Gasteiger partial charge in [-0.2, -0.15) is 0 Å². The standard InChI is InChI=1S/C15H19NO2/c1-11(2)18-9-5-7-13-10-12-6-3-4-8-14(12)16-15(13)17/h3-4,6,8,10-11H,5,7,9H2,1-2H3,(H,16,17). The number of hydrogen-bond donors (Lipinski definition) is 1. The number of nitrogens with one attached hydrogen (secondary N) is 1. The van der Waals surface area contributed by atoms with Crippen LogP contribution in [-0.2, 0) is 11.2 Å². The summed E-state index contributed by atoms with van der Waals surface area (Å²) in [5.74, 6) is 0. The van der Waals surface area contributed by atoms with E-state index in [9.17, 15) is 4.79 Å². The van der Waals surface area contributed by atoms with Gasteiger partial charge in [-0.1, -0.05) is 18.2 Å². The van der Waals surface area contributed by atoms with Crippen molar-refractivity contribution in [3.05, 3.63) is 46.2 Å². The molecule has 18 heavy (non-hydrogen) atoms. The Morgan fingerprint density at radius 2 is 2.06 bits per heavy atom. The van der Waals surface area contributed by atoms with E-state index in [0.717, 1.165) is 29.3 Å². The summed E-state index contributed by atoms with van der Waals surface area (Å²) >= 11 is 0. The Morgan fingerprint density at radius 1 is 1.28 bits per heavy atom. The fourth-order valence-corrected chi connectivity index (χ4v) is 1.96. The van der Waals surface area contributed by atoms with Crippen LogP contribution in [0.25, 0.3) is 10.9 Å². The van der Waals surface area contributed by atoms with Crippen molar-refractivity contribution in [1.82, 2.24) is 4.98 Å². The van der Waals surface area contributed by atoms with Crippen LogP contribution in [0.1, 0.15) is 25.8 Å². The molecule has 0 unspecified atom stereocenters. The second-order valence-corrected chi connectivity index (χ2v) is 4.73. The lowest BCUT2D eigenvalue weighted by molar-refractivity contribution is 0.0771. The number of benzene rings is 1. The van der Waals surface area contributed by atoms with Gasteiger partial charge in [0, 0.05) is 17.7 Å². The summed E-state index contributed by atoms with van der Waals surface area (Å²) < 4.78 is 5.48. The summed E-state index contributed by atoms with van der Waals surface area (Å²) in [4.78, 5) is 14.8. The van der Waals surface area contributed by atoms with E-state index in [1.807, 2.05) is 44.2 Å². The second-order valence-electron chi connectivity index (χ2n) is 4.73. The molecule has 1 aromatic heterocycles. The molecule has 3 heteroatoms. The third-order valence-corrected chi connectivity index (χ3v) is 2.87. The smallest absolute Gasteiger partial charge is 0.251 e. The fourth-order valence-electron chi connectivity index (χ4n) is 1.96. The zero-order valence-electron chi connectivity index (χ0n) is 10.9. The predicted molar refractivity (Wildman–Crippen MR) is 74.0 cm³/mol. The number of aryl methyl sites for hydroxylation is 1. The Hall–Kier alpha value is -1.61. The van der Waals surface area contributed by atoms with Crippen LogP contribution in [0.15, 0.2) is 35.1 Å². The van der Waals surface area contributed by atoms with Crippen LogP contribution in [-0.4, -0.2) is 17.7 Å². The lowest BCUT2D eigenvalue weighted by atomic mass is 10.1. The van der Waals surface area contributed by atoms with Crippen LogP contribution in [0.3, 0.4) is 0 Å². The largest absolute Gasteiger partial charge is 0.379 e. The van der Waals surface area contributed by atoms with E-state index in [0.29, 0.717) is 6.61 Å². The molecule has 0 aliphatic rings. The molecule has 0 amide bonds. The molecule has 96 valence electrons. The lowest BCUT2D eigenvalue weighted by Crippen LogP contribution is -2.13. The van der Waals surface area contributed by atoms with Crippen LogP contribution in [0, 0.1) is 0 Å². The van der Waals surface area contributed by atoms with Gasteiger partial charge in [0.1, 0.15) is 0 Å². The maximum atomic E-state index is 11.9. The van der Waals surface area contributed by atoms with Crippen molar-refractivity contribution in [3.63, 3.8) is 0 Å². The number of H-pyrrole nitrogens is 1. The van der Waals surface area contributed by atoms with Crippen molar-refractivity contribution < 1.29 is 4.74 Å². The van der Waals surface area contributed by atoms with E-state index in [4.69, 9.17) is 4.74 Å². The number of rotatable bonds is 5. The molecule has 0 aliphatic heterocycles. The maximum Gasteiger partial charge on any atom is 0.251 e. The highest BCUT2D eigenvalue weighted by Gasteiger charge is 2.03. The fraction of sp³-hybridized carbons (Fsp3) is 0.400. The third-order valence-electron chi connectivity index (χ3n) is 2.87. The molecule has 0 atom stereocenters. The van der Waals surface area contributed by atoms with E-state index in [1.165, 1.54) is 0 Å². The minimum atomic E-state index is 0.0123. The number of pyridine rings is 1. The van der Waals surface area contributed by atoms with Crippen molar-refractivity contribution in [1.29, 1.82) is 0 Å². The van der Waals surface area contributed by atoms with Crippen LogP contribution < -0.4 is 5.56 Å². The molecule has 2 rings (SSSR count). The third kappa shape index (κ3) is 3.20. The highest BCUT2D eigenvalue weighted by Crippen LogP contribution is 2.11. The summed E-state index contributed by atoms with van der Waals surface area (Å²) in [6.07, 6.45) is 1.88. The minimum Gasteiger partial charge on any atom is -0.379 e. The Balaban J connectivity index is 2.08. The summed E-state index contributed by atoms with van der Waals surface area (Å²) in [7, 11) is 0. The first-order valence-corrected chi connectivity index (χ1v) is 6.39. The second kappa shape index (κ2) is 5.83. The van der Waals surface area contributed by atoms with Crippen molar-refractivity contribution >= 4 is 10.9 Å². The molecule has 0 saturated heterocycles. The quantitative estimate of drug-likeness (QED) is 0.823. The van der Waals surface area contributed by atoms with Crippen LogP contribution in [0.5, 0.6) is 0 Å². The number of hydrogen-bond acceptors (Lipinski definition) is 2. The monoisotopic (exact) mass is 245 g/mol. The molecule has 1 heterocycles. The molecule has 0 radical (unpaired) electrons. The summed E-state index contributed by atoms with van der Waals surface area (Å²) in [6.45, 7) is 4.73. The highest BCUT2D eigenvalue weighted by atomic mass is 16.5. The predicted octanol–water partition coefficient (Wildman–Crippen LogP) is 2.89. The number of para-hydroxylation sites is 1. The first-order chi connectivity index (χ1) is 8.66. The van der Waals surface area contributed by atoms with E-state index in [-0.39, 0.29) is 11.7 Å². The zero-order chi connectivity index (χ0) is 13.0. The van der Waals surface area contributed by atoms with Gasteiger partial charge >= 0.3 is 0 Å². The van der Waals surface area contributed by atoms with Gasteiger partial charge in [-0.25, -0.2) is 0 Å². The first kappa shape index (κ1) is 12.8. The Kier molecular flexibility index (Phi) is 4.15. The molecule has 3 nitrogen and oxygen atoms in total. The normalized spacial score (nSPS) is 11.3. The topological polar surface area (TPSA) is 42.1 Å². The van der Waals surface area contributed by atoms with Gasteiger partial charge in [-0.3, -0.25) is 4.79 Å². The average Bonchev–Trinajstić information content (AvgIpc) is 2.34. The van der Waals surface area contributed by atoms with Crippen LogP contribution >= 0.6 is 0 Å². The molecule has 1 N–H and O–H groups in total. The first-order valence-electron chi connectivity index (χ1n) is 6.39. The van der Waals surface area contributed by atoms with Crippen molar-refractivity contribution in [3.8, 4) is 0 Å². The number of aromatic amines is 1. The lowest BCUT2D eigenvalue weighted by Gasteiger charge is -2.07. The summed E-state index contributed by atoms with van der Waals surface area (Å²) in [5.41, 5.74) is 1.74. The molecule has 1 aromatic carbocycles. The van der Waals surface area contributed by atoms with Gasteiger partial charge in [0.25, 0.3) is 5.56 Å². The average molecular weight is 245 g/mol. The van der Waals surface area contributed by atoms with E-state index < -0.39 is 0 Å². The molecule has 0 spiro atoms. The number of ether oxygens (including phenoxy) is 1. The van der Waals surface area contributed by atoms with Gasteiger partial charge in [0.2, 0.25) is 0 Å². The van der Waals surface area contributed by atoms with E-state index in [1.54, 1.807) is 0 Å². The van der Waals surface area contributed by atoms with Crippen LogP contribution in [0.2, 0.25) is 0 Å². The number of aromatic nitrogens is 1. The summed E-state index contributed by atoms with van der Waals surface area (Å²) in [5, 5.41) is 1.08. The molecule has 2 aromatic rings. The minimum absolute atomic E-state index is 0.0123. The van der Waals surface area contributed by atoms with Gasteiger partial charge < -0.3 is 9.72 Å². The summed E-state index contributed by atoms with van der Waals surface area (Å²) in [6, 6.07) is 9.81. The SMILES string of the molecule is CC(C)OCCCc1cc2ccccc2[nH]c1=O. The maximum absolute atomic E-state index is 11.9. The van der Waals surface area contributed by atoms with Gasteiger partial charge in [0.15, 0.2) is 0 Å². The van der Waals surface area contributed by atoms with E-state index >= 15 is 0 Å². The Bertz CT molecular complexity index is 572. The Labute approximate surface area is 107 Å². The molecular formula is C15H19NO2.